The summed E-state index contributed by atoms with van der Waals surface area (Å²) in [5, 5.41) is 9.73. The van der Waals surface area contributed by atoms with Crippen LogP contribution in [0, 0.1) is 51.8 Å². The summed E-state index contributed by atoms with van der Waals surface area (Å²) in [6.45, 7) is 9.51. The van der Waals surface area contributed by atoms with Gasteiger partial charge in [0.25, 0.3) is 0 Å². The highest BCUT2D eigenvalue weighted by atomic mass is 16.5. The number of ether oxygens (including phenoxy) is 1. The largest absolute Gasteiger partial charge is 0.462 e. The Morgan fingerprint density at radius 3 is 2.54 bits per heavy atom. The van der Waals surface area contributed by atoms with Crippen LogP contribution >= 0.6 is 0 Å². The van der Waals surface area contributed by atoms with Gasteiger partial charge in [0.05, 0.1) is 6.61 Å². The summed E-state index contributed by atoms with van der Waals surface area (Å²) in [6, 6.07) is 2.22. The summed E-state index contributed by atoms with van der Waals surface area (Å²) < 4.78 is 5.21. The van der Waals surface area contributed by atoms with E-state index in [-0.39, 0.29) is 5.41 Å². The van der Waals surface area contributed by atoms with E-state index in [1.165, 1.54) is 38.5 Å². The van der Waals surface area contributed by atoms with Gasteiger partial charge in [-0.2, -0.15) is 5.26 Å². The first-order valence-corrected chi connectivity index (χ1v) is 11.6. The molecule has 0 aliphatic heterocycles. The Hall–Kier alpha value is -1.30. The molecule has 4 aliphatic rings. The van der Waals surface area contributed by atoms with E-state index < -0.39 is 5.97 Å². The zero-order valence-corrected chi connectivity index (χ0v) is 18.2. The number of hydrogen-bond donors (Lipinski definition) is 0. The fraction of sp³-hybridized carbons (Fsp3) is 0.840. The van der Waals surface area contributed by atoms with E-state index in [0.717, 1.165) is 48.5 Å². The summed E-state index contributed by atoms with van der Waals surface area (Å²) in [4.78, 5) is 12.4. The Kier molecular flexibility index (Phi) is 5.13. The minimum absolute atomic E-state index is 0.0225. The highest BCUT2D eigenvalue weighted by Crippen LogP contribution is 2.67. The van der Waals surface area contributed by atoms with Crippen LogP contribution in [-0.4, -0.2) is 12.6 Å². The van der Waals surface area contributed by atoms with Crippen molar-refractivity contribution >= 4 is 5.97 Å². The van der Waals surface area contributed by atoms with Gasteiger partial charge >= 0.3 is 5.97 Å². The van der Waals surface area contributed by atoms with Crippen LogP contribution in [0.25, 0.3) is 0 Å². The maximum Gasteiger partial charge on any atom is 0.348 e. The summed E-state index contributed by atoms with van der Waals surface area (Å²) in [5.41, 5.74) is 2.00. The fourth-order valence-corrected chi connectivity index (χ4v) is 8.27. The SMILES string of the molecule is CCOC(=O)/C(C#N)=C1\CCC2C3CCC4(C)CC(C)CCC4C3CCC12C. The van der Waals surface area contributed by atoms with Crippen LogP contribution in [0.4, 0.5) is 0 Å². The number of hydrogen-bond acceptors (Lipinski definition) is 3. The number of allylic oxidation sites excluding steroid dienone is 1. The third-order valence-electron chi connectivity index (χ3n) is 9.42. The lowest BCUT2D eigenvalue weighted by Crippen LogP contribution is -2.51. The minimum Gasteiger partial charge on any atom is -0.462 e. The molecule has 7 atom stereocenters. The lowest BCUT2D eigenvalue weighted by atomic mass is 9.46. The summed E-state index contributed by atoms with van der Waals surface area (Å²) in [6.07, 6.45) is 11.4. The second-order valence-electron chi connectivity index (χ2n) is 10.8. The topological polar surface area (TPSA) is 50.1 Å². The van der Waals surface area contributed by atoms with E-state index in [1.807, 2.05) is 6.92 Å². The fourth-order valence-electron chi connectivity index (χ4n) is 8.27. The molecule has 4 saturated carbocycles. The molecule has 4 fully saturated rings. The van der Waals surface area contributed by atoms with E-state index in [9.17, 15) is 10.1 Å². The highest BCUT2D eigenvalue weighted by Gasteiger charge is 2.58. The molecular weight excluding hydrogens is 346 g/mol. The molecule has 0 aromatic heterocycles. The summed E-state index contributed by atoms with van der Waals surface area (Å²) in [5.74, 6) is 3.65. The van der Waals surface area contributed by atoms with Crippen molar-refractivity contribution in [2.45, 2.75) is 85.5 Å². The van der Waals surface area contributed by atoms with Gasteiger partial charge in [0.1, 0.15) is 11.6 Å². The predicted molar refractivity (Wildman–Crippen MR) is 110 cm³/mol. The van der Waals surface area contributed by atoms with E-state index in [0.29, 0.717) is 23.5 Å². The second kappa shape index (κ2) is 7.19. The molecule has 0 saturated heterocycles. The molecule has 3 heteroatoms. The first kappa shape index (κ1) is 20.0. The van der Waals surface area contributed by atoms with Gasteiger partial charge in [-0.05, 0) is 104 Å². The molecule has 0 N–H and O–H groups in total. The van der Waals surface area contributed by atoms with Gasteiger partial charge in [-0.1, -0.05) is 27.2 Å². The van der Waals surface area contributed by atoms with Crippen molar-refractivity contribution in [1.29, 1.82) is 5.26 Å². The average Bonchev–Trinajstić information content (AvgIpc) is 2.99. The van der Waals surface area contributed by atoms with Crippen LogP contribution in [0.1, 0.15) is 85.5 Å². The maximum atomic E-state index is 12.4. The number of nitrogens with zero attached hydrogens (tertiary/aromatic N) is 1. The van der Waals surface area contributed by atoms with Crippen molar-refractivity contribution in [1.82, 2.24) is 0 Å². The van der Waals surface area contributed by atoms with Gasteiger partial charge in [-0.3, -0.25) is 0 Å². The van der Waals surface area contributed by atoms with Crippen molar-refractivity contribution in [3.05, 3.63) is 11.1 Å². The normalized spacial score (nSPS) is 46.6. The molecule has 4 aliphatic carbocycles. The van der Waals surface area contributed by atoms with Crippen molar-refractivity contribution < 1.29 is 9.53 Å². The molecule has 0 radical (unpaired) electrons. The summed E-state index contributed by atoms with van der Waals surface area (Å²) >= 11 is 0. The molecule has 0 bridgehead atoms. The van der Waals surface area contributed by atoms with Crippen LogP contribution < -0.4 is 0 Å². The molecule has 28 heavy (non-hydrogen) atoms. The Labute approximate surface area is 170 Å². The van der Waals surface area contributed by atoms with Gasteiger partial charge in [0.15, 0.2) is 0 Å². The molecule has 0 aromatic carbocycles. The maximum absolute atomic E-state index is 12.4. The summed E-state index contributed by atoms with van der Waals surface area (Å²) in [7, 11) is 0. The molecular formula is C25H37NO2. The van der Waals surface area contributed by atoms with Crippen LogP contribution in [-0.2, 0) is 9.53 Å². The quantitative estimate of drug-likeness (QED) is 0.331. The Bertz CT molecular complexity index is 719. The van der Waals surface area contributed by atoms with Gasteiger partial charge in [-0.25, -0.2) is 4.79 Å². The predicted octanol–water partition coefficient (Wildman–Crippen LogP) is 6.05. The minimum atomic E-state index is -0.401. The van der Waals surface area contributed by atoms with Gasteiger partial charge in [-0.15, -0.1) is 0 Å². The van der Waals surface area contributed by atoms with Gasteiger partial charge in [0.2, 0.25) is 0 Å². The lowest BCUT2D eigenvalue weighted by Gasteiger charge is -2.59. The number of fused-ring (bicyclic) bond motifs is 5. The lowest BCUT2D eigenvalue weighted by molar-refractivity contribution is -0.138. The van der Waals surface area contributed by atoms with Crippen LogP contribution in [0.3, 0.4) is 0 Å². The van der Waals surface area contributed by atoms with E-state index in [4.69, 9.17) is 4.74 Å². The smallest absolute Gasteiger partial charge is 0.348 e. The Balaban J connectivity index is 1.62. The molecule has 0 spiro atoms. The van der Waals surface area contributed by atoms with Crippen LogP contribution in [0.15, 0.2) is 11.1 Å². The van der Waals surface area contributed by atoms with E-state index >= 15 is 0 Å². The third-order valence-corrected chi connectivity index (χ3v) is 9.42. The van der Waals surface area contributed by atoms with E-state index in [2.05, 4.69) is 26.8 Å². The number of nitriles is 1. The van der Waals surface area contributed by atoms with Gasteiger partial charge in [0, 0.05) is 0 Å². The average molecular weight is 384 g/mol. The molecule has 0 amide bonds. The molecule has 154 valence electrons. The molecule has 0 aromatic rings. The molecule has 0 heterocycles. The zero-order chi connectivity index (χ0) is 20.1. The number of carbonyl (C=O) groups is 1. The van der Waals surface area contributed by atoms with Crippen molar-refractivity contribution in [3.8, 4) is 6.07 Å². The standard InChI is InChI=1S/C25H37NO2/c1-5-28-23(27)19(15-26)22-9-8-21-18-10-12-24(3)14-16(2)6-7-20(24)17(18)11-13-25(21,22)4/h16-18,20-21H,5-14H2,1-4H3/b22-19+. The zero-order valence-electron chi connectivity index (χ0n) is 18.2. The Morgan fingerprint density at radius 2 is 1.82 bits per heavy atom. The van der Waals surface area contributed by atoms with Crippen LogP contribution in [0.2, 0.25) is 0 Å². The monoisotopic (exact) mass is 383 g/mol. The second-order valence-corrected chi connectivity index (χ2v) is 10.8. The Morgan fingerprint density at radius 1 is 1.11 bits per heavy atom. The number of carbonyl (C=O) groups excluding carboxylic acids is 1. The highest BCUT2D eigenvalue weighted by molar-refractivity contribution is 5.94. The van der Waals surface area contributed by atoms with E-state index in [1.54, 1.807) is 0 Å². The van der Waals surface area contributed by atoms with Gasteiger partial charge < -0.3 is 4.74 Å². The first-order chi connectivity index (χ1) is 13.3. The van der Waals surface area contributed by atoms with Crippen molar-refractivity contribution in [2.75, 3.05) is 6.61 Å². The number of esters is 1. The van der Waals surface area contributed by atoms with Crippen molar-refractivity contribution in [2.24, 2.45) is 40.4 Å². The number of rotatable bonds is 2. The molecule has 3 nitrogen and oxygen atoms in total. The third kappa shape index (κ3) is 2.94. The van der Waals surface area contributed by atoms with Crippen LogP contribution in [0.5, 0.6) is 0 Å². The first-order valence-electron chi connectivity index (χ1n) is 11.6. The molecule has 4 rings (SSSR count). The molecule has 7 unspecified atom stereocenters. The van der Waals surface area contributed by atoms with Crippen molar-refractivity contribution in [3.63, 3.8) is 0 Å².